The first-order valence-electron chi connectivity index (χ1n) is 21.9. The van der Waals surface area contributed by atoms with Crippen molar-refractivity contribution in [1.82, 2.24) is 0 Å². The lowest BCUT2D eigenvalue weighted by Gasteiger charge is -2.60. The molecule has 5 saturated carbocycles. The highest BCUT2D eigenvalue weighted by molar-refractivity contribution is 5.96. The molecule has 2 spiro atoms. The molecule has 0 N–H and O–H groups in total. The average molecular weight is 655 g/mol. The first-order chi connectivity index (χ1) is 23.1. The number of hydrogen-bond acceptors (Lipinski definition) is 3. The summed E-state index contributed by atoms with van der Waals surface area (Å²) < 4.78 is 12.6. The molecular formula is C44H78O3. The van der Waals surface area contributed by atoms with Crippen LogP contribution in [0.25, 0.3) is 0 Å². The van der Waals surface area contributed by atoms with E-state index in [0.29, 0.717) is 12.2 Å². The molecule has 0 atom stereocenters. The van der Waals surface area contributed by atoms with E-state index in [1.165, 1.54) is 199 Å². The molecule has 5 rings (SSSR count). The lowest BCUT2D eigenvalue weighted by atomic mass is 9.42. The summed E-state index contributed by atoms with van der Waals surface area (Å²) in [6, 6.07) is 0. The number of rotatable bonds is 20. The zero-order valence-corrected chi connectivity index (χ0v) is 31.5. The number of hydrogen-bond donors (Lipinski definition) is 0. The Hall–Kier alpha value is -0.410. The molecule has 0 aliphatic heterocycles. The molecule has 5 aliphatic carbocycles. The third-order valence-corrected chi connectivity index (χ3v) is 14.6. The van der Waals surface area contributed by atoms with E-state index in [2.05, 4.69) is 13.8 Å². The molecule has 3 heteroatoms. The maximum absolute atomic E-state index is 14.0. The van der Waals surface area contributed by atoms with Crippen molar-refractivity contribution >= 4 is 5.78 Å². The van der Waals surface area contributed by atoms with Crippen molar-refractivity contribution < 1.29 is 14.3 Å². The van der Waals surface area contributed by atoms with Gasteiger partial charge in [0.15, 0.2) is 0 Å². The van der Waals surface area contributed by atoms with Gasteiger partial charge in [0.2, 0.25) is 0 Å². The molecule has 5 fully saturated rings. The van der Waals surface area contributed by atoms with Gasteiger partial charge in [-0.15, -0.1) is 0 Å². The number of unbranched alkanes of at least 4 members (excludes halogenated alkanes) is 12. The molecule has 5 aliphatic rings. The van der Waals surface area contributed by atoms with Crippen LogP contribution in [-0.4, -0.2) is 31.2 Å². The predicted molar refractivity (Wildman–Crippen MR) is 198 cm³/mol. The fraction of sp³-hybridized carbons (Fsp3) is 0.977. The van der Waals surface area contributed by atoms with E-state index in [0.717, 1.165) is 42.7 Å². The Morgan fingerprint density at radius 1 is 0.447 bits per heavy atom. The molecule has 0 aromatic rings. The first-order valence-corrected chi connectivity index (χ1v) is 21.9. The summed E-state index contributed by atoms with van der Waals surface area (Å²) >= 11 is 0. The second-order valence-corrected chi connectivity index (χ2v) is 17.8. The zero-order chi connectivity index (χ0) is 32.8. The summed E-state index contributed by atoms with van der Waals surface area (Å²) in [4.78, 5) is 14.0. The van der Waals surface area contributed by atoms with Crippen LogP contribution in [0.15, 0.2) is 0 Å². The van der Waals surface area contributed by atoms with Crippen LogP contribution in [0.4, 0.5) is 0 Å². The fourth-order valence-electron chi connectivity index (χ4n) is 11.5. The van der Waals surface area contributed by atoms with E-state index >= 15 is 0 Å². The maximum Gasteiger partial charge on any atom is 0.145 e. The Kier molecular flexibility index (Phi) is 16.0. The first kappa shape index (κ1) is 37.8. The fourth-order valence-corrected chi connectivity index (χ4v) is 11.5. The summed E-state index contributed by atoms with van der Waals surface area (Å²) in [6.45, 7) is 6.55. The second kappa shape index (κ2) is 19.8. The maximum atomic E-state index is 14.0. The Labute approximate surface area is 292 Å². The van der Waals surface area contributed by atoms with Crippen LogP contribution in [0.1, 0.15) is 213 Å². The van der Waals surface area contributed by atoms with E-state index in [1.54, 1.807) is 0 Å². The number of ether oxygens (including phenoxy) is 2. The van der Waals surface area contributed by atoms with Crippen molar-refractivity contribution in [3.8, 4) is 0 Å². The summed E-state index contributed by atoms with van der Waals surface area (Å²) in [6.07, 6.45) is 42.1. The van der Waals surface area contributed by atoms with Crippen LogP contribution in [0, 0.1) is 34.5 Å². The summed E-state index contributed by atoms with van der Waals surface area (Å²) in [7, 11) is 0. The van der Waals surface area contributed by atoms with Crippen molar-refractivity contribution in [1.29, 1.82) is 0 Å². The lowest BCUT2D eigenvalue weighted by molar-refractivity contribution is -0.170. The van der Waals surface area contributed by atoms with Gasteiger partial charge in [0, 0.05) is 24.0 Å². The van der Waals surface area contributed by atoms with Crippen LogP contribution < -0.4 is 0 Å². The molecule has 0 saturated heterocycles. The van der Waals surface area contributed by atoms with Crippen LogP contribution >= 0.6 is 0 Å². The molecule has 47 heavy (non-hydrogen) atoms. The minimum atomic E-state index is 0.0884. The normalized spacial score (nSPS) is 36.2. The molecule has 0 aromatic heterocycles. The van der Waals surface area contributed by atoms with Gasteiger partial charge in [-0.25, -0.2) is 0 Å². The number of ketones is 1. The zero-order valence-electron chi connectivity index (χ0n) is 31.5. The minimum absolute atomic E-state index is 0.0884. The van der Waals surface area contributed by atoms with Gasteiger partial charge in [-0.05, 0) is 146 Å². The highest BCUT2D eigenvalue weighted by Gasteiger charge is 2.63. The van der Waals surface area contributed by atoms with Gasteiger partial charge in [-0.2, -0.15) is 0 Å². The van der Waals surface area contributed by atoms with Crippen molar-refractivity contribution in [2.75, 3.05) is 13.2 Å². The van der Waals surface area contributed by atoms with E-state index in [9.17, 15) is 4.79 Å². The summed E-state index contributed by atoms with van der Waals surface area (Å²) in [5.74, 6) is 4.27. The molecule has 3 nitrogen and oxygen atoms in total. The van der Waals surface area contributed by atoms with E-state index in [1.807, 2.05) is 0 Å². The van der Waals surface area contributed by atoms with Gasteiger partial charge >= 0.3 is 0 Å². The van der Waals surface area contributed by atoms with Crippen molar-refractivity contribution in [2.45, 2.75) is 225 Å². The van der Waals surface area contributed by atoms with Crippen LogP contribution in [-0.2, 0) is 14.3 Å². The van der Waals surface area contributed by atoms with Gasteiger partial charge in [0.25, 0.3) is 0 Å². The minimum Gasteiger partial charge on any atom is -0.378 e. The topological polar surface area (TPSA) is 35.5 Å². The molecule has 0 bridgehead atoms. The van der Waals surface area contributed by atoms with E-state index in [4.69, 9.17) is 9.47 Å². The van der Waals surface area contributed by atoms with Crippen LogP contribution in [0.3, 0.4) is 0 Å². The van der Waals surface area contributed by atoms with Crippen LogP contribution in [0.5, 0.6) is 0 Å². The Morgan fingerprint density at radius 2 is 0.766 bits per heavy atom. The monoisotopic (exact) mass is 655 g/mol. The lowest BCUT2D eigenvalue weighted by Crippen LogP contribution is -2.60. The van der Waals surface area contributed by atoms with Gasteiger partial charge in [0.1, 0.15) is 5.78 Å². The van der Waals surface area contributed by atoms with Gasteiger partial charge in [-0.3, -0.25) is 4.79 Å². The largest absolute Gasteiger partial charge is 0.378 e. The molecule has 0 radical (unpaired) electrons. The smallest absolute Gasteiger partial charge is 0.145 e. The van der Waals surface area contributed by atoms with Crippen LogP contribution in [0.2, 0.25) is 0 Å². The third-order valence-electron chi connectivity index (χ3n) is 14.6. The molecule has 0 amide bonds. The summed E-state index contributed by atoms with van der Waals surface area (Å²) in [5, 5.41) is 0. The highest BCUT2D eigenvalue weighted by Crippen LogP contribution is 2.65. The van der Waals surface area contributed by atoms with Crippen molar-refractivity contribution in [2.24, 2.45) is 34.5 Å². The molecule has 0 aromatic carbocycles. The average Bonchev–Trinajstić information content (AvgIpc) is 3.11. The summed E-state index contributed by atoms with van der Waals surface area (Å²) in [5.41, 5.74) is 0.177. The number of carbonyl (C=O) groups excluding carboxylic acids is 1. The van der Waals surface area contributed by atoms with Gasteiger partial charge in [0.05, 0.1) is 12.2 Å². The second-order valence-electron chi connectivity index (χ2n) is 17.8. The Morgan fingerprint density at radius 3 is 1.11 bits per heavy atom. The molecule has 272 valence electrons. The predicted octanol–water partition coefficient (Wildman–Crippen LogP) is 13.0. The van der Waals surface area contributed by atoms with Gasteiger partial charge in [-0.1, -0.05) is 90.9 Å². The quantitative estimate of drug-likeness (QED) is 0.123. The van der Waals surface area contributed by atoms with E-state index in [-0.39, 0.29) is 10.8 Å². The van der Waals surface area contributed by atoms with Crippen molar-refractivity contribution in [3.63, 3.8) is 0 Å². The highest BCUT2D eigenvalue weighted by atomic mass is 16.5. The third kappa shape index (κ3) is 10.8. The number of Topliss-reactive ketones (excluding diaryl/α,β-unsaturated/α-hetero) is 1. The SMILES string of the molecule is CCCCCCCCCO[C@H]1CC[C@H](C2CCC3(CC2)CC2(CCC([C@H]4CC[C@H](OCCCCCCCCC)CC4)CC2)C3=O)CC1. The van der Waals surface area contributed by atoms with Crippen molar-refractivity contribution in [3.05, 3.63) is 0 Å². The number of carbonyl (C=O) groups is 1. The van der Waals surface area contributed by atoms with E-state index < -0.39 is 0 Å². The standard InChI is InChI=1S/C44H78O3/c1-3-5-7-9-11-13-15-33-46-40-21-17-36(18-22-40)38-25-29-43(30-26-38)35-44(42(43)45)31-27-39(28-32-44)37-19-23-41(24-20-37)47-34-16-14-12-10-8-6-4-2/h36-41H,3-35H2,1-2H3/t36-,37-,38?,39?,40-,41-,43?,44?. The van der Waals surface area contributed by atoms with Gasteiger partial charge < -0.3 is 9.47 Å². The molecular weight excluding hydrogens is 576 g/mol. The Balaban J connectivity index is 0.903. The molecule has 0 heterocycles. The molecule has 0 unspecified atom stereocenters. The Bertz CT molecular complexity index is 781.